The summed E-state index contributed by atoms with van der Waals surface area (Å²) in [4.78, 5) is 14.2. The number of hydrogen-bond donors (Lipinski definition) is 1. The molecule has 5 nitrogen and oxygen atoms in total. The summed E-state index contributed by atoms with van der Waals surface area (Å²) in [7, 11) is 1.64. The van der Waals surface area contributed by atoms with E-state index >= 15 is 0 Å². The Morgan fingerprint density at radius 3 is 2.67 bits per heavy atom. The Balaban J connectivity index is 1.77. The lowest BCUT2D eigenvalue weighted by Gasteiger charge is -2.25. The first-order valence-electron chi connectivity index (χ1n) is 6.85. The minimum absolute atomic E-state index is 0.0301. The first kappa shape index (κ1) is 14.0. The van der Waals surface area contributed by atoms with Crippen LogP contribution in [-0.2, 0) is 0 Å². The van der Waals surface area contributed by atoms with Crippen molar-refractivity contribution in [1.82, 2.24) is 15.1 Å². The van der Waals surface area contributed by atoms with Crippen LogP contribution in [0.25, 0.3) is 11.3 Å². The van der Waals surface area contributed by atoms with Gasteiger partial charge in [-0.3, -0.25) is 9.89 Å². The predicted octanol–water partition coefficient (Wildman–Crippen LogP) is 2.27. The Hall–Kier alpha value is -1.95. The van der Waals surface area contributed by atoms with Crippen LogP contribution in [0.2, 0.25) is 0 Å². The zero-order valence-corrected chi connectivity index (χ0v) is 12.7. The summed E-state index contributed by atoms with van der Waals surface area (Å²) >= 11 is 1.89. The minimum Gasteiger partial charge on any atom is -0.497 e. The van der Waals surface area contributed by atoms with Gasteiger partial charge in [-0.15, -0.1) is 0 Å². The van der Waals surface area contributed by atoms with Crippen LogP contribution in [0, 0.1) is 0 Å². The van der Waals surface area contributed by atoms with Crippen LogP contribution in [0.3, 0.4) is 0 Å². The van der Waals surface area contributed by atoms with Gasteiger partial charge in [-0.05, 0) is 30.3 Å². The fourth-order valence-corrected chi connectivity index (χ4v) is 3.18. The third kappa shape index (κ3) is 3.05. The maximum Gasteiger partial charge on any atom is 0.271 e. The van der Waals surface area contributed by atoms with Gasteiger partial charge in [0.25, 0.3) is 5.91 Å². The number of ether oxygens (including phenoxy) is 1. The lowest BCUT2D eigenvalue weighted by Crippen LogP contribution is -2.38. The van der Waals surface area contributed by atoms with Crippen LogP contribution >= 0.6 is 11.8 Å². The van der Waals surface area contributed by atoms with Gasteiger partial charge in [-0.1, -0.05) is 0 Å². The van der Waals surface area contributed by atoms with E-state index in [1.54, 1.807) is 7.11 Å². The molecule has 110 valence electrons. The maximum atomic E-state index is 12.4. The molecule has 6 heteroatoms. The van der Waals surface area contributed by atoms with Crippen LogP contribution in [0.15, 0.2) is 30.3 Å². The fraction of sp³-hybridized carbons (Fsp3) is 0.333. The highest BCUT2D eigenvalue weighted by Crippen LogP contribution is 2.22. The molecule has 0 unspecified atom stereocenters. The molecule has 0 saturated carbocycles. The smallest absolute Gasteiger partial charge is 0.271 e. The van der Waals surface area contributed by atoms with E-state index in [1.807, 2.05) is 47.0 Å². The van der Waals surface area contributed by atoms with Crippen molar-refractivity contribution >= 4 is 17.7 Å². The molecule has 0 bridgehead atoms. The molecule has 2 heterocycles. The van der Waals surface area contributed by atoms with Crippen molar-refractivity contribution in [2.75, 3.05) is 31.7 Å². The largest absolute Gasteiger partial charge is 0.497 e. The van der Waals surface area contributed by atoms with E-state index in [4.69, 9.17) is 4.74 Å². The lowest BCUT2D eigenvalue weighted by molar-refractivity contribution is 0.0766. The molecule has 1 aliphatic rings. The van der Waals surface area contributed by atoms with E-state index in [-0.39, 0.29) is 5.91 Å². The second-order valence-electron chi connectivity index (χ2n) is 4.80. The molecule has 1 fully saturated rings. The topological polar surface area (TPSA) is 58.2 Å². The SMILES string of the molecule is COc1ccc(-c2cc(C(=O)N3CCSCC3)[nH]n2)cc1. The van der Waals surface area contributed by atoms with Crippen LogP contribution in [0.1, 0.15) is 10.5 Å². The summed E-state index contributed by atoms with van der Waals surface area (Å²) in [5.74, 6) is 2.84. The number of rotatable bonds is 3. The van der Waals surface area contributed by atoms with E-state index in [0.717, 1.165) is 41.6 Å². The molecule has 1 saturated heterocycles. The number of thioether (sulfide) groups is 1. The third-order valence-corrected chi connectivity index (χ3v) is 4.43. The average molecular weight is 303 g/mol. The van der Waals surface area contributed by atoms with E-state index < -0.39 is 0 Å². The Labute approximate surface area is 127 Å². The molecule has 0 atom stereocenters. The van der Waals surface area contributed by atoms with Gasteiger partial charge >= 0.3 is 0 Å². The van der Waals surface area contributed by atoms with Gasteiger partial charge in [0.2, 0.25) is 0 Å². The van der Waals surface area contributed by atoms with Gasteiger partial charge in [-0.2, -0.15) is 16.9 Å². The van der Waals surface area contributed by atoms with Crippen LogP contribution in [0.5, 0.6) is 5.75 Å². The van der Waals surface area contributed by atoms with Crippen LogP contribution in [-0.4, -0.2) is 52.7 Å². The Morgan fingerprint density at radius 2 is 2.00 bits per heavy atom. The second-order valence-corrected chi connectivity index (χ2v) is 6.02. The summed E-state index contributed by atoms with van der Waals surface area (Å²) < 4.78 is 5.14. The number of carbonyl (C=O) groups excluding carboxylic acids is 1. The molecule has 1 aromatic carbocycles. The molecule has 0 spiro atoms. The maximum absolute atomic E-state index is 12.4. The zero-order chi connectivity index (χ0) is 14.7. The Bertz CT molecular complexity index is 618. The minimum atomic E-state index is 0.0301. The van der Waals surface area contributed by atoms with Gasteiger partial charge in [0.1, 0.15) is 11.4 Å². The quantitative estimate of drug-likeness (QED) is 0.945. The predicted molar refractivity (Wildman–Crippen MR) is 83.8 cm³/mol. The number of aromatic amines is 1. The van der Waals surface area contributed by atoms with Crippen molar-refractivity contribution in [2.24, 2.45) is 0 Å². The van der Waals surface area contributed by atoms with Gasteiger partial charge < -0.3 is 9.64 Å². The standard InChI is InChI=1S/C15H17N3O2S/c1-20-12-4-2-11(3-5-12)13-10-14(17-16-13)15(19)18-6-8-21-9-7-18/h2-5,10H,6-9H2,1H3,(H,16,17). The zero-order valence-electron chi connectivity index (χ0n) is 11.8. The number of benzene rings is 1. The van der Waals surface area contributed by atoms with Crippen molar-refractivity contribution in [1.29, 1.82) is 0 Å². The highest BCUT2D eigenvalue weighted by molar-refractivity contribution is 7.99. The summed E-state index contributed by atoms with van der Waals surface area (Å²) in [5.41, 5.74) is 2.28. The highest BCUT2D eigenvalue weighted by atomic mass is 32.2. The number of nitrogens with one attached hydrogen (secondary N) is 1. The number of amides is 1. The van der Waals surface area contributed by atoms with Crippen molar-refractivity contribution in [3.05, 3.63) is 36.0 Å². The molecule has 0 aliphatic carbocycles. The fourth-order valence-electron chi connectivity index (χ4n) is 2.28. The summed E-state index contributed by atoms with van der Waals surface area (Å²) in [6, 6.07) is 9.44. The van der Waals surface area contributed by atoms with Crippen molar-refractivity contribution in [3.8, 4) is 17.0 Å². The normalized spacial score (nSPS) is 15.0. The molecule has 0 radical (unpaired) electrons. The number of aromatic nitrogens is 2. The van der Waals surface area contributed by atoms with E-state index in [1.165, 1.54) is 0 Å². The number of methoxy groups -OCH3 is 1. The number of H-pyrrole nitrogens is 1. The van der Waals surface area contributed by atoms with Crippen molar-refractivity contribution in [3.63, 3.8) is 0 Å². The number of carbonyl (C=O) groups is 1. The summed E-state index contributed by atoms with van der Waals surface area (Å²) in [6.07, 6.45) is 0. The second kappa shape index (κ2) is 6.22. The van der Waals surface area contributed by atoms with Crippen molar-refractivity contribution < 1.29 is 9.53 Å². The van der Waals surface area contributed by atoms with Gasteiger partial charge in [0.15, 0.2) is 0 Å². The molecular weight excluding hydrogens is 286 g/mol. The molecule has 1 N–H and O–H groups in total. The first-order chi connectivity index (χ1) is 10.3. The van der Waals surface area contributed by atoms with E-state index in [2.05, 4.69) is 10.2 Å². The average Bonchev–Trinajstić information content (AvgIpc) is 3.05. The van der Waals surface area contributed by atoms with Gasteiger partial charge in [0, 0.05) is 30.2 Å². The van der Waals surface area contributed by atoms with Gasteiger partial charge in [-0.25, -0.2) is 0 Å². The molecule has 21 heavy (non-hydrogen) atoms. The van der Waals surface area contributed by atoms with Crippen LogP contribution in [0.4, 0.5) is 0 Å². The van der Waals surface area contributed by atoms with E-state index in [0.29, 0.717) is 5.69 Å². The molecule has 2 aromatic rings. The third-order valence-electron chi connectivity index (χ3n) is 3.49. The summed E-state index contributed by atoms with van der Waals surface area (Å²) in [5, 5.41) is 7.09. The number of hydrogen-bond acceptors (Lipinski definition) is 4. The Kier molecular flexibility index (Phi) is 4.15. The van der Waals surface area contributed by atoms with E-state index in [9.17, 15) is 4.79 Å². The summed E-state index contributed by atoms with van der Waals surface area (Å²) in [6.45, 7) is 1.61. The lowest BCUT2D eigenvalue weighted by atomic mass is 10.1. The van der Waals surface area contributed by atoms with Gasteiger partial charge in [0.05, 0.1) is 12.8 Å². The highest BCUT2D eigenvalue weighted by Gasteiger charge is 2.20. The van der Waals surface area contributed by atoms with Crippen LogP contribution < -0.4 is 4.74 Å². The van der Waals surface area contributed by atoms with Crippen molar-refractivity contribution in [2.45, 2.75) is 0 Å². The molecule has 1 amide bonds. The first-order valence-corrected chi connectivity index (χ1v) is 8.00. The Morgan fingerprint density at radius 1 is 1.29 bits per heavy atom. The molecular formula is C15H17N3O2S. The molecule has 3 rings (SSSR count). The molecule has 1 aliphatic heterocycles. The monoisotopic (exact) mass is 303 g/mol. The number of nitrogens with zero attached hydrogens (tertiary/aromatic N) is 2. The molecule has 1 aromatic heterocycles.